The van der Waals surface area contributed by atoms with Crippen molar-refractivity contribution < 1.29 is 19.7 Å². The highest BCUT2D eigenvalue weighted by atomic mass is 16.5. The minimum Gasteiger partial charge on any atom is -0.506 e. The molecule has 0 unspecified atom stereocenters. The fourth-order valence-corrected chi connectivity index (χ4v) is 1.76. The summed E-state index contributed by atoms with van der Waals surface area (Å²) in [6.07, 6.45) is 0. The number of nitrogens with two attached hydrogens (primary N) is 1. The fraction of sp³-hybridized carbons (Fsp3) is 0.0714. The molecular weight excluding hydrogens is 246 g/mol. The predicted molar refractivity (Wildman–Crippen MR) is 70.6 cm³/mol. The molecule has 0 fully saturated rings. The molecule has 0 bridgehead atoms. The minimum atomic E-state index is -0.434. The molecule has 0 radical (unpaired) electrons. The van der Waals surface area contributed by atoms with Gasteiger partial charge in [-0.25, -0.2) is 0 Å². The van der Waals surface area contributed by atoms with Crippen LogP contribution in [0, 0.1) is 0 Å². The molecule has 0 saturated carbocycles. The number of nitrogen functional groups attached to an aromatic ring is 1. The van der Waals surface area contributed by atoms with Gasteiger partial charge < -0.3 is 20.7 Å². The van der Waals surface area contributed by atoms with Gasteiger partial charge in [0.2, 0.25) is 5.78 Å². The normalized spacial score (nSPS) is 10.2. The summed E-state index contributed by atoms with van der Waals surface area (Å²) >= 11 is 0. The molecule has 0 aliphatic rings. The molecule has 0 spiro atoms. The fourth-order valence-electron chi connectivity index (χ4n) is 1.76. The van der Waals surface area contributed by atoms with Crippen molar-refractivity contribution in [2.75, 3.05) is 12.8 Å². The van der Waals surface area contributed by atoms with Gasteiger partial charge >= 0.3 is 0 Å². The van der Waals surface area contributed by atoms with E-state index in [0.717, 1.165) is 0 Å². The van der Waals surface area contributed by atoms with E-state index in [2.05, 4.69) is 0 Å². The van der Waals surface area contributed by atoms with E-state index in [4.69, 9.17) is 10.5 Å². The Kier molecular flexibility index (Phi) is 3.29. The van der Waals surface area contributed by atoms with Crippen LogP contribution in [-0.4, -0.2) is 23.1 Å². The Hall–Kier alpha value is -2.69. The minimum absolute atomic E-state index is 0.0137. The van der Waals surface area contributed by atoms with E-state index in [1.807, 2.05) is 0 Å². The molecule has 2 aromatic carbocycles. The third kappa shape index (κ3) is 2.18. The maximum absolute atomic E-state index is 12.3. The van der Waals surface area contributed by atoms with Crippen LogP contribution in [0.15, 0.2) is 36.4 Å². The number of ether oxygens (including phenoxy) is 1. The topological polar surface area (TPSA) is 92.8 Å². The molecule has 19 heavy (non-hydrogen) atoms. The van der Waals surface area contributed by atoms with Crippen LogP contribution in [0.5, 0.6) is 17.2 Å². The second-order valence-electron chi connectivity index (χ2n) is 3.92. The number of phenols is 2. The third-order valence-corrected chi connectivity index (χ3v) is 2.79. The number of aromatic hydroxyl groups is 2. The standard InChI is InChI=1S/C14H13NO4/c1-19-11-5-3-2-4-8(11)13(17)9-6-7-10(16)12(15)14(9)18/h2-7,16,18H,15H2,1H3. The Morgan fingerprint density at radius 1 is 1.11 bits per heavy atom. The average molecular weight is 259 g/mol. The number of hydrogen-bond acceptors (Lipinski definition) is 5. The first-order chi connectivity index (χ1) is 9.06. The van der Waals surface area contributed by atoms with Gasteiger partial charge in [-0.15, -0.1) is 0 Å². The Balaban J connectivity index is 2.54. The number of phenolic OH excluding ortho intramolecular Hbond substituents is 2. The van der Waals surface area contributed by atoms with Crippen molar-refractivity contribution in [3.8, 4) is 17.2 Å². The first-order valence-corrected chi connectivity index (χ1v) is 5.54. The molecule has 2 rings (SSSR count). The van der Waals surface area contributed by atoms with E-state index in [0.29, 0.717) is 11.3 Å². The van der Waals surface area contributed by atoms with E-state index >= 15 is 0 Å². The van der Waals surface area contributed by atoms with Crippen molar-refractivity contribution in [3.63, 3.8) is 0 Å². The average Bonchev–Trinajstić information content (AvgIpc) is 2.44. The molecule has 0 aromatic heterocycles. The highest BCUT2D eigenvalue weighted by Gasteiger charge is 2.19. The number of anilines is 1. The number of para-hydroxylation sites is 1. The van der Waals surface area contributed by atoms with Gasteiger partial charge in [-0.2, -0.15) is 0 Å². The molecule has 5 nitrogen and oxygen atoms in total. The number of rotatable bonds is 3. The summed E-state index contributed by atoms with van der Waals surface area (Å²) in [6, 6.07) is 9.24. The van der Waals surface area contributed by atoms with Gasteiger partial charge in [0, 0.05) is 0 Å². The number of hydrogen-bond donors (Lipinski definition) is 3. The van der Waals surface area contributed by atoms with Crippen LogP contribution in [0.25, 0.3) is 0 Å². The van der Waals surface area contributed by atoms with Crippen molar-refractivity contribution in [2.45, 2.75) is 0 Å². The van der Waals surface area contributed by atoms with Crippen molar-refractivity contribution in [1.82, 2.24) is 0 Å². The number of ketones is 1. The van der Waals surface area contributed by atoms with Crippen molar-refractivity contribution >= 4 is 11.5 Å². The van der Waals surface area contributed by atoms with Crippen LogP contribution in [0.2, 0.25) is 0 Å². The van der Waals surface area contributed by atoms with Gasteiger partial charge in [-0.05, 0) is 24.3 Å². The van der Waals surface area contributed by atoms with Gasteiger partial charge in [0.05, 0.1) is 18.2 Å². The number of benzene rings is 2. The van der Waals surface area contributed by atoms with Crippen LogP contribution >= 0.6 is 0 Å². The molecule has 98 valence electrons. The van der Waals surface area contributed by atoms with Crippen LogP contribution in [0.4, 0.5) is 5.69 Å². The summed E-state index contributed by atoms with van der Waals surface area (Å²) < 4.78 is 5.10. The monoisotopic (exact) mass is 259 g/mol. The zero-order valence-electron chi connectivity index (χ0n) is 10.3. The first-order valence-electron chi connectivity index (χ1n) is 5.54. The largest absolute Gasteiger partial charge is 0.506 e. The summed E-state index contributed by atoms with van der Waals surface area (Å²) in [5.41, 5.74) is 5.59. The maximum Gasteiger partial charge on any atom is 0.200 e. The highest BCUT2D eigenvalue weighted by molar-refractivity contribution is 6.13. The Bertz CT molecular complexity index is 637. The lowest BCUT2D eigenvalue weighted by atomic mass is 10.0. The van der Waals surface area contributed by atoms with E-state index in [9.17, 15) is 15.0 Å². The van der Waals surface area contributed by atoms with Crippen molar-refractivity contribution in [2.24, 2.45) is 0 Å². The molecule has 0 amide bonds. The van der Waals surface area contributed by atoms with Crippen LogP contribution in [0.1, 0.15) is 15.9 Å². The van der Waals surface area contributed by atoms with Crippen molar-refractivity contribution in [3.05, 3.63) is 47.5 Å². The SMILES string of the molecule is COc1ccccc1C(=O)c1ccc(O)c(N)c1O. The summed E-state index contributed by atoms with van der Waals surface area (Å²) in [4.78, 5) is 12.3. The second kappa shape index (κ2) is 4.89. The van der Waals surface area contributed by atoms with Gasteiger partial charge in [0.1, 0.15) is 17.2 Å². The Morgan fingerprint density at radius 2 is 1.79 bits per heavy atom. The Morgan fingerprint density at radius 3 is 2.47 bits per heavy atom. The van der Waals surface area contributed by atoms with E-state index in [1.165, 1.54) is 19.2 Å². The summed E-state index contributed by atoms with van der Waals surface area (Å²) in [7, 11) is 1.46. The van der Waals surface area contributed by atoms with E-state index < -0.39 is 11.5 Å². The maximum atomic E-state index is 12.3. The zero-order chi connectivity index (χ0) is 14.0. The van der Waals surface area contributed by atoms with Crippen molar-refractivity contribution in [1.29, 1.82) is 0 Å². The number of carbonyl (C=O) groups excluding carboxylic acids is 1. The summed E-state index contributed by atoms with van der Waals surface area (Å²) in [6.45, 7) is 0. The molecule has 0 aliphatic carbocycles. The lowest BCUT2D eigenvalue weighted by Crippen LogP contribution is -2.05. The second-order valence-corrected chi connectivity index (χ2v) is 3.92. The van der Waals surface area contributed by atoms with Gasteiger partial charge in [0.15, 0.2) is 5.75 Å². The van der Waals surface area contributed by atoms with Crippen LogP contribution in [0.3, 0.4) is 0 Å². The number of carbonyl (C=O) groups is 1. The van der Waals surface area contributed by atoms with Gasteiger partial charge in [-0.3, -0.25) is 4.79 Å². The van der Waals surface area contributed by atoms with Crippen LogP contribution in [-0.2, 0) is 0 Å². The first kappa shape index (κ1) is 12.8. The molecule has 0 saturated heterocycles. The summed E-state index contributed by atoms with van der Waals surface area (Å²) in [5, 5.41) is 19.2. The molecule has 5 heteroatoms. The molecule has 2 aromatic rings. The molecular formula is C14H13NO4. The third-order valence-electron chi connectivity index (χ3n) is 2.79. The van der Waals surface area contributed by atoms with Crippen LogP contribution < -0.4 is 10.5 Å². The zero-order valence-corrected chi connectivity index (χ0v) is 10.3. The predicted octanol–water partition coefficient (Wildman–Crippen LogP) is 1.92. The molecule has 4 N–H and O–H groups in total. The van der Waals surface area contributed by atoms with E-state index in [-0.39, 0.29) is 17.0 Å². The molecule has 0 atom stereocenters. The highest BCUT2D eigenvalue weighted by Crippen LogP contribution is 2.35. The smallest absolute Gasteiger partial charge is 0.200 e. The Labute approximate surface area is 109 Å². The summed E-state index contributed by atoms with van der Waals surface area (Å²) in [5.74, 6) is -0.731. The quantitative estimate of drug-likeness (QED) is 0.445. The molecule has 0 heterocycles. The lowest BCUT2D eigenvalue weighted by molar-refractivity contribution is 0.103. The number of methoxy groups -OCH3 is 1. The lowest BCUT2D eigenvalue weighted by Gasteiger charge is -2.10. The van der Waals surface area contributed by atoms with Gasteiger partial charge in [-0.1, -0.05) is 12.1 Å². The van der Waals surface area contributed by atoms with Gasteiger partial charge in [0.25, 0.3) is 0 Å². The van der Waals surface area contributed by atoms with E-state index in [1.54, 1.807) is 24.3 Å². The molecule has 0 aliphatic heterocycles.